The zero-order valence-electron chi connectivity index (χ0n) is 12.5. The standard InChI is InChI=1S/C15H21N3O3/c1-17-6-11-7-18(13(8-17)10-21-9-11)15(19)12-3-4-14(20-2)16-5-12/h3-5,11,13H,6-10H2,1-2H3/t11-,13-/m0/s1. The van der Waals surface area contributed by atoms with Gasteiger partial charge >= 0.3 is 0 Å². The predicted molar refractivity (Wildman–Crippen MR) is 77.4 cm³/mol. The smallest absolute Gasteiger partial charge is 0.255 e. The molecule has 0 aliphatic carbocycles. The monoisotopic (exact) mass is 291 g/mol. The molecule has 3 rings (SSSR count). The van der Waals surface area contributed by atoms with E-state index in [0.717, 1.165) is 26.2 Å². The van der Waals surface area contributed by atoms with Crippen molar-refractivity contribution in [2.45, 2.75) is 6.04 Å². The van der Waals surface area contributed by atoms with Gasteiger partial charge in [0.2, 0.25) is 5.88 Å². The maximum absolute atomic E-state index is 12.8. The van der Waals surface area contributed by atoms with E-state index in [2.05, 4.69) is 16.9 Å². The molecular formula is C15H21N3O3. The van der Waals surface area contributed by atoms with Gasteiger partial charge in [-0.1, -0.05) is 0 Å². The maximum atomic E-state index is 12.8. The highest BCUT2D eigenvalue weighted by molar-refractivity contribution is 5.94. The average Bonchev–Trinajstić information content (AvgIpc) is 2.76. The summed E-state index contributed by atoms with van der Waals surface area (Å²) < 4.78 is 10.7. The van der Waals surface area contributed by atoms with Gasteiger partial charge in [0.15, 0.2) is 0 Å². The normalized spacial score (nSPS) is 26.3. The number of carbonyl (C=O) groups excluding carboxylic acids is 1. The van der Waals surface area contributed by atoms with Crippen molar-refractivity contribution in [2.24, 2.45) is 5.92 Å². The van der Waals surface area contributed by atoms with Gasteiger partial charge < -0.3 is 19.3 Å². The molecule has 2 saturated heterocycles. The lowest BCUT2D eigenvalue weighted by Gasteiger charge is -2.29. The lowest BCUT2D eigenvalue weighted by molar-refractivity contribution is 0.0483. The molecule has 2 bridgehead atoms. The SMILES string of the molecule is COc1ccc(C(=O)N2C[C@H]3COC[C@@H]2CN(C)C3)cn1. The fourth-order valence-electron chi connectivity index (χ4n) is 3.12. The lowest BCUT2D eigenvalue weighted by atomic mass is 10.1. The number of hydrogen-bond acceptors (Lipinski definition) is 5. The first kappa shape index (κ1) is 14.3. The van der Waals surface area contributed by atoms with Crippen molar-refractivity contribution in [1.82, 2.24) is 14.8 Å². The van der Waals surface area contributed by atoms with E-state index in [1.54, 1.807) is 25.4 Å². The minimum Gasteiger partial charge on any atom is -0.481 e. The molecule has 2 fully saturated rings. The Kier molecular flexibility index (Phi) is 4.07. The number of fused-ring (bicyclic) bond motifs is 3. The summed E-state index contributed by atoms with van der Waals surface area (Å²) in [6.07, 6.45) is 1.58. The Labute approximate surface area is 124 Å². The van der Waals surface area contributed by atoms with Gasteiger partial charge in [-0.2, -0.15) is 0 Å². The third kappa shape index (κ3) is 3.01. The molecule has 2 aliphatic heterocycles. The summed E-state index contributed by atoms with van der Waals surface area (Å²) in [6.45, 7) is 3.91. The van der Waals surface area contributed by atoms with Crippen molar-refractivity contribution in [3.8, 4) is 5.88 Å². The predicted octanol–water partition coefficient (Wildman–Crippen LogP) is 0.493. The van der Waals surface area contributed by atoms with Crippen LogP contribution in [0.25, 0.3) is 0 Å². The fourth-order valence-corrected chi connectivity index (χ4v) is 3.12. The molecule has 3 heterocycles. The highest BCUT2D eigenvalue weighted by atomic mass is 16.5. The van der Waals surface area contributed by atoms with Crippen molar-refractivity contribution < 1.29 is 14.3 Å². The first-order valence-electron chi connectivity index (χ1n) is 7.24. The number of hydrogen-bond donors (Lipinski definition) is 0. The topological polar surface area (TPSA) is 54.9 Å². The number of carbonyl (C=O) groups is 1. The summed E-state index contributed by atoms with van der Waals surface area (Å²) in [7, 11) is 3.67. The van der Waals surface area contributed by atoms with E-state index in [0.29, 0.717) is 24.0 Å². The third-order valence-electron chi connectivity index (χ3n) is 4.11. The molecule has 6 heteroatoms. The van der Waals surface area contributed by atoms with Crippen LogP contribution in [-0.4, -0.2) is 73.7 Å². The molecule has 0 unspecified atom stereocenters. The van der Waals surface area contributed by atoms with Crippen LogP contribution in [-0.2, 0) is 4.74 Å². The van der Waals surface area contributed by atoms with Gasteiger partial charge in [0.05, 0.1) is 31.9 Å². The van der Waals surface area contributed by atoms with E-state index in [9.17, 15) is 4.79 Å². The van der Waals surface area contributed by atoms with E-state index in [1.807, 2.05) is 4.90 Å². The van der Waals surface area contributed by atoms with Crippen molar-refractivity contribution in [1.29, 1.82) is 0 Å². The summed E-state index contributed by atoms with van der Waals surface area (Å²) >= 11 is 0. The molecule has 21 heavy (non-hydrogen) atoms. The molecule has 0 N–H and O–H groups in total. The summed E-state index contributed by atoms with van der Waals surface area (Å²) in [5, 5.41) is 0. The van der Waals surface area contributed by atoms with Crippen LogP contribution < -0.4 is 4.74 Å². The van der Waals surface area contributed by atoms with E-state index >= 15 is 0 Å². The molecule has 1 aromatic heterocycles. The summed E-state index contributed by atoms with van der Waals surface area (Å²) in [6, 6.07) is 3.60. The quantitative estimate of drug-likeness (QED) is 0.794. The van der Waals surface area contributed by atoms with Crippen LogP contribution in [0.4, 0.5) is 0 Å². The van der Waals surface area contributed by atoms with Crippen molar-refractivity contribution >= 4 is 5.91 Å². The van der Waals surface area contributed by atoms with Crippen LogP contribution in [0.1, 0.15) is 10.4 Å². The summed E-state index contributed by atoms with van der Waals surface area (Å²) in [5.74, 6) is 0.919. The van der Waals surface area contributed by atoms with Gasteiger partial charge in [-0.25, -0.2) is 4.98 Å². The molecule has 2 atom stereocenters. The van der Waals surface area contributed by atoms with Crippen LogP contribution >= 0.6 is 0 Å². The second-order valence-corrected chi connectivity index (χ2v) is 5.83. The number of nitrogens with zero attached hydrogens (tertiary/aromatic N) is 3. The summed E-state index contributed by atoms with van der Waals surface area (Å²) in [4.78, 5) is 21.1. The van der Waals surface area contributed by atoms with E-state index in [1.165, 1.54) is 0 Å². The van der Waals surface area contributed by atoms with Crippen LogP contribution in [0.3, 0.4) is 0 Å². The maximum Gasteiger partial charge on any atom is 0.255 e. The average molecular weight is 291 g/mol. The van der Waals surface area contributed by atoms with Gasteiger partial charge in [-0.15, -0.1) is 0 Å². The Hall–Kier alpha value is -1.66. The minimum absolute atomic E-state index is 0.0287. The number of likely N-dealkylation sites (N-methyl/N-ethyl adjacent to an activating group) is 1. The van der Waals surface area contributed by atoms with Crippen LogP contribution in [0.2, 0.25) is 0 Å². The van der Waals surface area contributed by atoms with E-state index in [4.69, 9.17) is 9.47 Å². The van der Waals surface area contributed by atoms with Gasteiger partial charge in [0, 0.05) is 37.8 Å². The molecular weight excluding hydrogens is 270 g/mol. The number of aromatic nitrogens is 1. The molecule has 0 spiro atoms. The van der Waals surface area contributed by atoms with E-state index in [-0.39, 0.29) is 11.9 Å². The zero-order valence-corrected chi connectivity index (χ0v) is 12.5. The summed E-state index contributed by atoms with van der Waals surface area (Å²) in [5.41, 5.74) is 0.603. The molecule has 0 aromatic carbocycles. The third-order valence-corrected chi connectivity index (χ3v) is 4.11. The minimum atomic E-state index is 0.0287. The Morgan fingerprint density at radius 1 is 1.33 bits per heavy atom. The second-order valence-electron chi connectivity index (χ2n) is 5.83. The lowest BCUT2D eigenvalue weighted by Crippen LogP contribution is -2.46. The van der Waals surface area contributed by atoms with Crippen molar-refractivity contribution in [2.75, 3.05) is 47.0 Å². The number of ether oxygens (including phenoxy) is 2. The van der Waals surface area contributed by atoms with Gasteiger partial charge in [-0.3, -0.25) is 4.79 Å². The number of amides is 1. The molecule has 0 radical (unpaired) electrons. The molecule has 2 aliphatic rings. The second kappa shape index (κ2) is 5.99. The van der Waals surface area contributed by atoms with Gasteiger partial charge in [0.25, 0.3) is 5.91 Å². The van der Waals surface area contributed by atoms with Crippen LogP contribution in [0.5, 0.6) is 5.88 Å². The highest BCUT2D eigenvalue weighted by Gasteiger charge is 2.35. The van der Waals surface area contributed by atoms with Gasteiger partial charge in [-0.05, 0) is 13.1 Å². The molecule has 1 aromatic rings. The molecule has 0 saturated carbocycles. The van der Waals surface area contributed by atoms with Crippen molar-refractivity contribution in [3.05, 3.63) is 23.9 Å². The zero-order chi connectivity index (χ0) is 14.8. The Morgan fingerprint density at radius 2 is 2.19 bits per heavy atom. The largest absolute Gasteiger partial charge is 0.481 e. The van der Waals surface area contributed by atoms with E-state index < -0.39 is 0 Å². The molecule has 1 amide bonds. The number of pyridine rings is 1. The van der Waals surface area contributed by atoms with Gasteiger partial charge in [0.1, 0.15) is 0 Å². The van der Waals surface area contributed by atoms with Crippen molar-refractivity contribution in [3.63, 3.8) is 0 Å². The molecule has 6 nitrogen and oxygen atoms in total. The highest BCUT2D eigenvalue weighted by Crippen LogP contribution is 2.21. The first-order valence-corrected chi connectivity index (χ1v) is 7.24. The Bertz CT molecular complexity index is 505. The first-order chi connectivity index (χ1) is 10.2. The number of methoxy groups -OCH3 is 1. The number of rotatable bonds is 2. The Morgan fingerprint density at radius 3 is 2.90 bits per heavy atom. The Balaban J connectivity index is 1.82. The van der Waals surface area contributed by atoms with Crippen LogP contribution in [0.15, 0.2) is 18.3 Å². The molecule has 114 valence electrons. The van der Waals surface area contributed by atoms with Crippen LogP contribution in [0, 0.1) is 5.92 Å². The fraction of sp³-hybridized carbons (Fsp3) is 0.600.